The number of hydrogen-bond donors (Lipinski definition) is 3. The summed E-state index contributed by atoms with van der Waals surface area (Å²) in [7, 11) is 4.80. The van der Waals surface area contributed by atoms with E-state index < -0.39 is 6.04 Å². The molecule has 0 fully saturated rings. The topological polar surface area (TPSA) is 102 Å². The number of H-pyrrole nitrogens is 1. The van der Waals surface area contributed by atoms with E-state index in [9.17, 15) is 9.90 Å². The zero-order chi connectivity index (χ0) is 28.4. The Labute approximate surface area is 234 Å². The Hall–Kier alpha value is -4.17. The van der Waals surface area contributed by atoms with Crippen molar-refractivity contribution in [2.45, 2.75) is 45.3 Å². The molecule has 0 saturated carbocycles. The molecule has 210 valence electrons. The zero-order valence-corrected chi connectivity index (χ0v) is 23.6. The molecule has 8 nitrogen and oxygen atoms in total. The molecule has 3 aromatic carbocycles. The van der Waals surface area contributed by atoms with Gasteiger partial charge in [0.25, 0.3) is 5.91 Å². The molecule has 0 saturated heterocycles. The lowest BCUT2D eigenvalue weighted by molar-refractivity contribution is 0.0910. The lowest BCUT2D eigenvalue weighted by Crippen LogP contribution is -2.39. The van der Waals surface area contributed by atoms with Gasteiger partial charge in [-0.05, 0) is 79.6 Å². The van der Waals surface area contributed by atoms with Crippen LogP contribution in [0.1, 0.15) is 40.9 Å². The second kappa shape index (κ2) is 11.5. The fraction of sp³-hybridized carbons (Fsp3) is 0.344. The monoisotopic (exact) mass is 544 g/mol. The van der Waals surface area contributed by atoms with Gasteiger partial charge in [-0.2, -0.15) is 0 Å². The molecule has 1 aromatic heterocycles. The molecule has 0 bridgehead atoms. The molecule has 0 radical (unpaired) electrons. The highest BCUT2D eigenvalue weighted by Crippen LogP contribution is 2.49. The van der Waals surface area contributed by atoms with Crippen molar-refractivity contribution in [3.8, 4) is 34.1 Å². The molecule has 5 rings (SSSR count). The van der Waals surface area contributed by atoms with E-state index in [0.717, 1.165) is 51.6 Å². The first kappa shape index (κ1) is 27.4. The number of ether oxygens (including phenoxy) is 4. The van der Waals surface area contributed by atoms with Gasteiger partial charge in [0, 0.05) is 22.7 Å². The summed E-state index contributed by atoms with van der Waals surface area (Å²) in [5.41, 5.74) is 6.38. The van der Waals surface area contributed by atoms with Crippen molar-refractivity contribution in [3.05, 3.63) is 70.9 Å². The minimum atomic E-state index is -0.480. The van der Waals surface area contributed by atoms with E-state index in [1.807, 2.05) is 62.5 Å². The van der Waals surface area contributed by atoms with Gasteiger partial charge in [0.05, 0.1) is 45.6 Å². The third-order valence-electron chi connectivity index (χ3n) is 7.38. The number of carbonyl (C=O) groups is 1. The van der Waals surface area contributed by atoms with Crippen LogP contribution in [0.2, 0.25) is 0 Å². The second-order valence-electron chi connectivity index (χ2n) is 10.3. The third-order valence-corrected chi connectivity index (χ3v) is 7.38. The Kier molecular flexibility index (Phi) is 7.89. The van der Waals surface area contributed by atoms with Gasteiger partial charge in [0.15, 0.2) is 11.5 Å². The predicted molar refractivity (Wildman–Crippen MR) is 155 cm³/mol. The van der Waals surface area contributed by atoms with Crippen LogP contribution in [0, 0.1) is 0 Å². The van der Waals surface area contributed by atoms with Crippen LogP contribution in [-0.2, 0) is 19.3 Å². The highest BCUT2D eigenvalue weighted by atomic mass is 16.5. The summed E-state index contributed by atoms with van der Waals surface area (Å²) >= 11 is 0. The standard InChI is InChI=1S/C32H36N2O6/c1-18(2)40-28-13-19-10-11-23-25(15-29(37-3)31(39-5)30(23)38-4)24(19)14-26(28)32(36)34-21(17-35)12-20-16-33-27-9-7-6-8-22(20)27/h6-9,13-16,18,21,33,35H,10-12,17H2,1-5H3,(H,34,36). The van der Waals surface area contributed by atoms with E-state index in [0.29, 0.717) is 35.0 Å². The summed E-state index contributed by atoms with van der Waals surface area (Å²) in [6, 6.07) is 13.3. The Balaban J connectivity index is 1.53. The van der Waals surface area contributed by atoms with E-state index >= 15 is 0 Å². The Morgan fingerprint density at radius 1 is 0.975 bits per heavy atom. The predicted octanol–water partition coefficient (Wildman–Crippen LogP) is 5.08. The number of hydrogen-bond acceptors (Lipinski definition) is 6. The normalized spacial score (nSPS) is 13.0. The SMILES string of the molecule is COc1cc2c(c(OC)c1OC)CCc1cc(OC(C)C)c(C(=O)NC(CO)Cc3c[nH]c4ccccc34)cc1-2. The van der Waals surface area contributed by atoms with E-state index in [1.54, 1.807) is 21.3 Å². The molecular formula is C32H36N2O6. The van der Waals surface area contributed by atoms with Gasteiger partial charge >= 0.3 is 0 Å². The summed E-state index contributed by atoms with van der Waals surface area (Å²) in [5.74, 6) is 1.95. The molecule has 40 heavy (non-hydrogen) atoms. The number of aromatic amines is 1. The Bertz CT molecular complexity index is 1540. The second-order valence-corrected chi connectivity index (χ2v) is 10.3. The van der Waals surface area contributed by atoms with Crippen molar-refractivity contribution >= 4 is 16.8 Å². The molecule has 3 N–H and O–H groups in total. The molecule has 4 aromatic rings. The van der Waals surface area contributed by atoms with E-state index in [2.05, 4.69) is 10.3 Å². The number of methoxy groups -OCH3 is 3. The number of carbonyl (C=O) groups excluding carboxylic acids is 1. The largest absolute Gasteiger partial charge is 0.493 e. The van der Waals surface area contributed by atoms with Crippen LogP contribution >= 0.6 is 0 Å². The highest BCUT2D eigenvalue weighted by Gasteiger charge is 2.29. The number of para-hydroxylation sites is 1. The van der Waals surface area contributed by atoms with Crippen LogP contribution in [0.25, 0.3) is 22.0 Å². The van der Waals surface area contributed by atoms with Gasteiger partial charge in [0.2, 0.25) is 5.75 Å². The van der Waals surface area contributed by atoms with Crippen molar-refractivity contribution in [2.24, 2.45) is 0 Å². The number of aliphatic hydroxyl groups is 1. The van der Waals surface area contributed by atoms with Crippen LogP contribution in [0.3, 0.4) is 0 Å². The van der Waals surface area contributed by atoms with Gasteiger partial charge in [-0.25, -0.2) is 0 Å². The number of aromatic nitrogens is 1. The third kappa shape index (κ3) is 5.07. The Morgan fingerprint density at radius 2 is 1.75 bits per heavy atom. The van der Waals surface area contributed by atoms with Gasteiger partial charge < -0.3 is 34.4 Å². The summed E-state index contributed by atoms with van der Waals surface area (Å²) in [6.45, 7) is 3.67. The molecule has 1 atom stereocenters. The van der Waals surface area contributed by atoms with Crippen molar-refractivity contribution in [3.63, 3.8) is 0 Å². The van der Waals surface area contributed by atoms with Crippen LogP contribution in [0.4, 0.5) is 0 Å². The van der Waals surface area contributed by atoms with Crippen molar-refractivity contribution in [1.82, 2.24) is 10.3 Å². The van der Waals surface area contributed by atoms with E-state index in [1.165, 1.54) is 0 Å². The molecule has 1 heterocycles. The quantitative estimate of drug-likeness (QED) is 0.257. The number of amides is 1. The number of nitrogens with one attached hydrogen (secondary N) is 2. The first-order valence-electron chi connectivity index (χ1n) is 13.5. The molecule has 1 amide bonds. The maximum atomic E-state index is 13.8. The fourth-order valence-corrected chi connectivity index (χ4v) is 5.56. The summed E-state index contributed by atoms with van der Waals surface area (Å²) < 4.78 is 23.1. The van der Waals surface area contributed by atoms with Gasteiger partial charge in [-0.3, -0.25) is 4.79 Å². The van der Waals surface area contributed by atoms with Crippen molar-refractivity contribution in [2.75, 3.05) is 27.9 Å². The Morgan fingerprint density at radius 3 is 2.45 bits per heavy atom. The maximum absolute atomic E-state index is 13.8. The van der Waals surface area contributed by atoms with Gasteiger partial charge in [0.1, 0.15) is 5.75 Å². The number of fused-ring (bicyclic) bond motifs is 4. The van der Waals surface area contributed by atoms with Crippen LogP contribution in [0.5, 0.6) is 23.0 Å². The molecule has 0 spiro atoms. The molecule has 1 aliphatic carbocycles. The first-order valence-corrected chi connectivity index (χ1v) is 13.5. The van der Waals surface area contributed by atoms with E-state index in [4.69, 9.17) is 18.9 Å². The van der Waals surface area contributed by atoms with Crippen LogP contribution in [-0.4, -0.2) is 56.1 Å². The maximum Gasteiger partial charge on any atom is 0.255 e. The van der Waals surface area contributed by atoms with Gasteiger partial charge in [-0.15, -0.1) is 0 Å². The lowest BCUT2D eigenvalue weighted by atomic mass is 9.83. The number of aryl methyl sites for hydroxylation is 1. The molecule has 1 unspecified atom stereocenters. The summed E-state index contributed by atoms with van der Waals surface area (Å²) in [5, 5.41) is 14.3. The van der Waals surface area contributed by atoms with Crippen molar-refractivity contribution < 1.29 is 28.8 Å². The van der Waals surface area contributed by atoms with Crippen molar-refractivity contribution in [1.29, 1.82) is 0 Å². The van der Waals surface area contributed by atoms with Crippen LogP contribution < -0.4 is 24.3 Å². The van der Waals surface area contributed by atoms with E-state index in [-0.39, 0.29) is 18.6 Å². The molecule has 0 aliphatic heterocycles. The average Bonchev–Trinajstić information content (AvgIpc) is 3.37. The minimum absolute atomic E-state index is 0.121. The number of rotatable bonds is 10. The zero-order valence-electron chi connectivity index (χ0n) is 23.6. The lowest BCUT2D eigenvalue weighted by Gasteiger charge is -2.27. The summed E-state index contributed by atoms with van der Waals surface area (Å²) in [4.78, 5) is 17.0. The molecule has 8 heteroatoms. The fourth-order valence-electron chi connectivity index (χ4n) is 5.56. The minimum Gasteiger partial charge on any atom is -0.493 e. The number of aliphatic hydroxyl groups excluding tert-OH is 1. The average molecular weight is 545 g/mol. The smallest absolute Gasteiger partial charge is 0.255 e. The van der Waals surface area contributed by atoms with Gasteiger partial charge in [-0.1, -0.05) is 18.2 Å². The molecular weight excluding hydrogens is 508 g/mol. The van der Waals surface area contributed by atoms with Crippen LogP contribution in [0.15, 0.2) is 48.7 Å². The number of benzene rings is 3. The summed E-state index contributed by atoms with van der Waals surface area (Å²) in [6.07, 6.45) is 3.79. The highest BCUT2D eigenvalue weighted by molar-refractivity contribution is 5.99. The molecule has 1 aliphatic rings. The first-order chi connectivity index (χ1) is 19.4.